The van der Waals surface area contributed by atoms with E-state index < -0.39 is 14.9 Å². The Morgan fingerprint density at radius 1 is 1.26 bits per heavy atom. The fraction of sp³-hybridized carbons (Fsp3) is 0.571. The number of nitrogens with one attached hydrogen (secondary N) is 1. The van der Waals surface area contributed by atoms with Gasteiger partial charge in [-0.2, -0.15) is 4.31 Å². The zero-order chi connectivity index (χ0) is 15.9. The third kappa shape index (κ3) is 3.50. The van der Waals surface area contributed by atoms with Crippen LogP contribution in [-0.2, 0) is 10.0 Å². The first kappa shape index (κ1) is 18.1. The molecule has 2 bridgehead atoms. The van der Waals surface area contributed by atoms with Gasteiger partial charge >= 0.3 is 0 Å². The summed E-state index contributed by atoms with van der Waals surface area (Å²) in [6.07, 6.45) is 2.85. The number of nitro benzene ring substituents is 1. The van der Waals surface area contributed by atoms with Gasteiger partial charge in [0, 0.05) is 36.8 Å². The highest BCUT2D eigenvalue weighted by atomic mass is 35.5. The predicted octanol–water partition coefficient (Wildman–Crippen LogP) is 1.84. The van der Waals surface area contributed by atoms with Gasteiger partial charge in [-0.05, 0) is 32.3 Å². The number of hydrogen-bond acceptors (Lipinski definition) is 5. The van der Waals surface area contributed by atoms with Crippen molar-refractivity contribution in [2.45, 2.75) is 43.2 Å². The van der Waals surface area contributed by atoms with Crippen LogP contribution in [0.2, 0.25) is 0 Å². The van der Waals surface area contributed by atoms with Crippen molar-refractivity contribution >= 4 is 28.1 Å². The normalized spacial score (nSPS) is 24.7. The second-order valence-corrected chi connectivity index (χ2v) is 7.93. The van der Waals surface area contributed by atoms with Gasteiger partial charge in [-0.15, -0.1) is 12.4 Å². The highest BCUT2D eigenvalue weighted by Crippen LogP contribution is 2.28. The van der Waals surface area contributed by atoms with E-state index in [-0.39, 0.29) is 29.0 Å². The Hall–Kier alpha value is -1.22. The Labute approximate surface area is 141 Å². The Morgan fingerprint density at radius 3 is 2.65 bits per heavy atom. The minimum absolute atomic E-state index is 0. The van der Waals surface area contributed by atoms with Gasteiger partial charge in [0.25, 0.3) is 5.69 Å². The second-order valence-electron chi connectivity index (χ2n) is 5.99. The second kappa shape index (κ2) is 6.72. The van der Waals surface area contributed by atoms with E-state index in [9.17, 15) is 18.5 Å². The van der Waals surface area contributed by atoms with E-state index in [0.717, 1.165) is 19.3 Å². The number of aryl methyl sites for hydroxylation is 1. The molecule has 128 valence electrons. The minimum Gasteiger partial charge on any atom is -0.310 e. The van der Waals surface area contributed by atoms with Crippen LogP contribution in [0.25, 0.3) is 0 Å². The van der Waals surface area contributed by atoms with Crippen LogP contribution in [0.3, 0.4) is 0 Å². The van der Waals surface area contributed by atoms with Crippen molar-refractivity contribution in [1.82, 2.24) is 9.62 Å². The first-order valence-corrected chi connectivity index (χ1v) is 8.83. The van der Waals surface area contributed by atoms with E-state index in [1.807, 2.05) is 0 Å². The average Bonchev–Trinajstić information content (AvgIpc) is 2.77. The van der Waals surface area contributed by atoms with Gasteiger partial charge in [-0.3, -0.25) is 10.1 Å². The van der Waals surface area contributed by atoms with Gasteiger partial charge in [-0.25, -0.2) is 8.42 Å². The Kier molecular flexibility index (Phi) is 5.30. The molecule has 2 atom stereocenters. The molecule has 2 unspecified atom stereocenters. The van der Waals surface area contributed by atoms with Gasteiger partial charge in [0.15, 0.2) is 0 Å². The standard InChI is InChI=1S/C14H19N3O4S.ClH/c1-10-2-5-13(8-14(10)17(18)19)22(20,21)16-7-6-11-3-4-12(9-16)15-11;/h2,5,8,11-12,15H,3-4,6-7,9H2,1H3;1H. The van der Waals surface area contributed by atoms with Crippen LogP contribution >= 0.6 is 12.4 Å². The van der Waals surface area contributed by atoms with Crippen LogP contribution in [0, 0.1) is 17.0 Å². The van der Waals surface area contributed by atoms with Gasteiger partial charge in [-0.1, -0.05) is 6.07 Å². The summed E-state index contributed by atoms with van der Waals surface area (Å²) in [4.78, 5) is 10.5. The summed E-state index contributed by atoms with van der Waals surface area (Å²) < 4.78 is 27.0. The summed E-state index contributed by atoms with van der Waals surface area (Å²) in [6, 6.07) is 4.68. The molecule has 0 aliphatic carbocycles. The Balaban J connectivity index is 0.00000192. The summed E-state index contributed by atoms with van der Waals surface area (Å²) in [7, 11) is -3.69. The molecule has 23 heavy (non-hydrogen) atoms. The predicted molar refractivity (Wildman–Crippen MR) is 88.4 cm³/mol. The van der Waals surface area contributed by atoms with Crippen molar-refractivity contribution in [2.75, 3.05) is 13.1 Å². The molecule has 1 aromatic rings. The van der Waals surface area contributed by atoms with Gasteiger partial charge in [0.05, 0.1) is 9.82 Å². The van der Waals surface area contributed by atoms with Gasteiger partial charge < -0.3 is 5.32 Å². The van der Waals surface area contributed by atoms with Crippen molar-refractivity contribution in [2.24, 2.45) is 0 Å². The molecule has 1 N–H and O–H groups in total. The third-order valence-electron chi connectivity index (χ3n) is 4.50. The summed E-state index contributed by atoms with van der Waals surface area (Å²) in [5.74, 6) is 0. The minimum atomic E-state index is -3.69. The molecule has 7 nitrogen and oxygen atoms in total. The van der Waals surface area contributed by atoms with Crippen LogP contribution in [0.4, 0.5) is 5.69 Å². The molecule has 3 rings (SSSR count). The highest BCUT2D eigenvalue weighted by Gasteiger charge is 2.35. The van der Waals surface area contributed by atoms with E-state index in [4.69, 9.17) is 0 Å². The van der Waals surface area contributed by atoms with Crippen LogP contribution in [-0.4, -0.2) is 42.8 Å². The number of fused-ring (bicyclic) bond motifs is 2. The molecule has 0 aromatic heterocycles. The SMILES string of the molecule is Cc1ccc(S(=O)(=O)N2CCC3CCC(C2)N3)cc1[N+](=O)[O-].Cl. The molecule has 2 heterocycles. The third-order valence-corrected chi connectivity index (χ3v) is 6.36. The average molecular weight is 362 g/mol. The molecule has 2 fully saturated rings. The molecule has 0 amide bonds. The smallest absolute Gasteiger partial charge is 0.273 e. The maximum Gasteiger partial charge on any atom is 0.273 e. The molecule has 0 saturated carbocycles. The monoisotopic (exact) mass is 361 g/mol. The first-order valence-electron chi connectivity index (χ1n) is 7.39. The maximum atomic E-state index is 12.8. The molecule has 2 aliphatic rings. The van der Waals surface area contributed by atoms with Crippen LogP contribution in [0.5, 0.6) is 0 Å². The fourth-order valence-corrected chi connectivity index (χ4v) is 4.75. The molecule has 9 heteroatoms. The van der Waals surface area contributed by atoms with E-state index in [0.29, 0.717) is 24.7 Å². The lowest BCUT2D eigenvalue weighted by molar-refractivity contribution is -0.385. The molecule has 2 aliphatic heterocycles. The fourth-order valence-electron chi connectivity index (χ4n) is 3.22. The number of nitrogens with zero attached hydrogens (tertiary/aromatic N) is 2. The summed E-state index contributed by atoms with van der Waals surface area (Å²) >= 11 is 0. The molecule has 0 spiro atoms. The maximum absolute atomic E-state index is 12.8. The topological polar surface area (TPSA) is 92.6 Å². The van der Waals surface area contributed by atoms with Crippen molar-refractivity contribution < 1.29 is 13.3 Å². The molecular weight excluding hydrogens is 342 g/mol. The number of nitro groups is 1. The number of sulfonamides is 1. The van der Waals surface area contributed by atoms with Crippen LogP contribution in [0.15, 0.2) is 23.1 Å². The van der Waals surface area contributed by atoms with Gasteiger partial charge in [0.1, 0.15) is 0 Å². The van der Waals surface area contributed by atoms with E-state index >= 15 is 0 Å². The number of rotatable bonds is 3. The Bertz CT molecular complexity index is 710. The van der Waals surface area contributed by atoms with Crippen molar-refractivity contribution in [3.05, 3.63) is 33.9 Å². The quantitative estimate of drug-likeness (QED) is 0.655. The summed E-state index contributed by atoms with van der Waals surface area (Å²) in [5.41, 5.74) is 0.302. The zero-order valence-electron chi connectivity index (χ0n) is 12.8. The zero-order valence-corrected chi connectivity index (χ0v) is 14.4. The first-order chi connectivity index (χ1) is 10.4. The van der Waals surface area contributed by atoms with E-state index in [1.165, 1.54) is 22.5 Å². The number of hydrogen-bond donors (Lipinski definition) is 1. The lowest BCUT2D eigenvalue weighted by atomic mass is 10.1. The molecular formula is C14H20ClN3O4S. The largest absolute Gasteiger partial charge is 0.310 e. The van der Waals surface area contributed by atoms with E-state index in [2.05, 4.69) is 5.32 Å². The summed E-state index contributed by atoms with van der Waals surface area (Å²) in [6.45, 7) is 2.49. The molecule has 2 saturated heterocycles. The van der Waals surface area contributed by atoms with Gasteiger partial charge in [0.2, 0.25) is 10.0 Å². The molecule has 0 radical (unpaired) electrons. The van der Waals surface area contributed by atoms with Crippen LogP contribution in [0.1, 0.15) is 24.8 Å². The Morgan fingerprint density at radius 2 is 1.96 bits per heavy atom. The van der Waals surface area contributed by atoms with Crippen molar-refractivity contribution in [1.29, 1.82) is 0 Å². The number of benzene rings is 1. The van der Waals surface area contributed by atoms with E-state index in [1.54, 1.807) is 6.92 Å². The lowest BCUT2D eigenvalue weighted by Gasteiger charge is -2.23. The number of halogens is 1. The van der Waals surface area contributed by atoms with Crippen molar-refractivity contribution in [3.63, 3.8) is 0 Å². The highest BCUT2D eigenvalue weighted by molar-refractivity contribution is 7.89. The van der Waals surface area contributed by atoms with Crippen LogP contribution < -0.4 is 5.32 Å². The lowest BCUT2D eigenvalue weighted by Crippen LogP contribution is -2.39. The summed E-state index contributed by atoms with van der Waals surface area (Å²) in [5, 5.41) is 14.5. The van der Waals surface area contributed by atoms with Crippen molar-refractivity contribution in [3.8, 4) is 0 Å². The molecule has 1 aromatic carbocycles.